The number of halogens is 1. The predicted molar refractivity (Wildman–Crippen MR) is 110 cm³/mol. The van der Waals surface area contributed by atoms with Crippen LogP contribution in [0.25, 0.3) is 0 Å². The van der Waals surface area contributed by atoms with E-state index in [1.807, 2.05) is 39.0 Å². The number of hydrogen-bond donors (Lipinski definition) is 0. The Bertz CT molecular complexity index is 913. The number of ether oxygens (including phenoxy) is 1. The Balaban J connectivity index is 1.91. The summed E-state index contributed by atoms with van der Waals surface area (Å²) in [7, 11) is 0. The molecule has 8 heteroatoms. The molecule has 0 aliphatic carbocycles. The maximum atomic E-state index is 13.2. The van der Waals surface area contributed by atoms with Crippen molar-refractivity contribution in [1.29, 1.82) is 0 Å². The van der Waals surface area contributed by atoms with Crippen LogP contribution < -0.4 is 0 Å². The van der Waals surface area contributed by atoms with E-state index in [9.17, 15) is 9.59 Å². The molecule has 7 nitrogen and oxygen atoms in total. The minimum Gasteiger partial charge on any atom is -0.444 e. The molecular formula is C21H25ClN4O3. The molecule has 1 atom stereocenters. The molecule has 1 aromatic carbocycles. The van der Waals surface area contributed by atoms with E-state index in [0.717, 1.165) is 5.56 Å². The van der Waals surface area contributed by atoms with Crippen LogP contribution >= 0.6 is 11.6 Å². The zero-order chi connectivity index (χ0) is 21.2. The first-order valence-corrected chi connectivity index (χ1v) is 9.86. The Morgan fingerprint density at radius 1 is 1.17 bits per heavy atom. The molecule has 1 unspecified atom stereocenters. The maximum Gasteiger partial charge on any atom is 0.410 e. The standard InChI is InChI=1S/C21H25ClN4O3/c1-14-23-10-9-17(24-14)19(27)26-12-11-25(20(28)29-21(2,3)4)13-18(26)15-7-5-6-8-16(15)22/h5-10,18H,11-13H2,1-4H3. The lowest BCUT2D eigenvalue weighted by molar-refractivity contribution is 0.00396. The van der Waals surface area contributed by atoms with E-state index in [-0.39, 0.29) is 12.5 Å². The van der Waals surface area contributed by atoms with E-state index in [2.05, 4.69) is 9.97 Å². The molecular weight excluding hydrogens is 392 g/mol. The van der Waals surface area contributed by atoms with Crippen LogP contribution in [-0.4, -0.2) is 57.0 Å². The normalized spacial score (nSPS) is 17.2. The zero-order valence-electron chi connectivity index (χ0n) is 17.1. The number of rotatable bonds is 2. The van der Waals surface area contributed by atoms with E-state index in [0.29, 0.717) is 29.6 Å². The summed E-state index contributed by atoms with van der Waals surface area (Å²) in [4.78, 5) is 37.5. The Morgan fingerprint density at radius 2 is 1.90 bits per heavy atom. The number of aromatic nitrogens is 2. The van der Waals surface area contributed by atoms with Gasteiger partial charge in [0.1, 0.15) is 17.1 Å². The number of carbonyl (C=O) groups is 2. The number of piperazine rings is 1. The number of benzene rings is 1. The molecule has 1 fully saturated rings. The fourth-order valence-electron chi connectivity index (χ4n) is 3.25. The largest absolute Gasteiger partial charge is 0.444 e. The number of carbonyl (C=O) groups excluding carboxylic acids is 2. The van der Waals surface area contributed by atoms with Gasteiger partial charge in [0.15, 0.2) is 0 Å². The molecule has 1 saturated heterocycles. The summed E-state index contributed by atoms with van der Waals surface area (Å²) >= 11 is 6.43. The maximum absolute atomic E-state index is 13.2. The monoisotopic (exact) mass is 416 g/mol. The Labute approximate surface area is 175 Å². The number of hydrogen-bond acceptors (Lipinski definition) is 5. The highest BCUT2D eigenvalue weighted by atomic mass is 35.5. The minimum absolute atomic E-state index is 0.218. The second-order valence-electron chi connectivity index (χ2n) is 7.95. The summed E-state index contributed by atoms with van der Waals surface area (Å²) in [6.07, 6.45) is 1.16. The van der Waals surface area contributed by atoms with Crippen molar-refractivity contribution in [3.05, 3.63) is 58.6 Å². The third kappa shape index (κ3) is 5.03. The van der Waals surface area contributed by atoms with Crippen LogP contribution in [0.2, 0.25) is 5.02 Å². The summed E-state index contributed by atoms with van der Waals surface area (Å²) in [5, 5.41) is 0.542. The minimum atomic E-state index is -0.595. The summed E-state index contributed by atoms with van der Waals surface area (Å²) in [5.41, 5.74) is 0.504. The van der Waals surface area contributed by atoms with Gasteiger partial charge in [-0.15, -0.1) is 0 Å². The summed E-state index contributed by atoms with van der Waals surface area (Å²) in [5.74, 6) is 0.307. The van der Waals surface area contributed by atoms with Gasteiger partial charge in [0, 0.05) is 30.9 Å². The average molecular weight is 417 g/mol. The molecule has 2 heterocycles. The molecule has 0 radical (unpaired) electrons. The molecule has 0 N–H and O–H groups in total. The first kappa shape index (κ1) is 21.0. The van der Waals surface area contributed by atoms with Crippen LogP contribution in [0.1, 0.15) is 48.7 Å². The fourth-order valence-corrected chi connectivity index (χ4v) is 3.51. The van der Waals surface area contributed by atoms with Gasteiger partial charge in [-0.05, 0) is 45.4 Å². The highest BCUT2D eigenvalue weighted by molar-refractivity contribution is 6.31. The van der Waals surface area contributed by atoms with Crippen molar-refractivity contribution >= 4 is 23.6 Å². The molecule has 1 aromatic heterocycles. The lowest BCUT2D eigenvalue weighted by atomic mass is 10.0. The number of amides is 2. The van der Waals surface area contributed by atoms with Crippen LogP contribution in [0.4, 0.5) is 4.79 Å². The van der Waals surface area contributed by atoms with E-state index < -0.39 is 17.7 Å². The van der Waals surface area contributed by atoms with Gasteiger partial charge in [0.2, 0.25) is 0 Å². The summed E-state index contributed by atoms with van der Waals surface area (Å²) < 4.78 is 5.52. The first-order chi connectivity index (χ1) is 13.7. The van der Waals surface area contributed by atoms with Gasteiger partial charge in [-0.2, -0.15) is 0 Å². The molecule has 1 aliphatic rings. The van der Waals surface area contributed by atoms with Gasteiger partial charge in [-0.25, -0.2) is 14.8 Å². The van der Waals surface area contributed by atoms with E-state index in [1.54, 1.807) is 35.1 Å². The Hall–Kier alpha value is -2.67. The number of nitrogens with zero attached hydrogens (tertiary/aromatic N) is 4. The van der Waals surface area contributed by atoms with Crippen molar-refractivity contribution in [2.45, 2.75) is 39.3 Å². The lowest BCUT2D eigenvalue weighted by Crippen LogP contribution is -2.53. The quantitative estimate of drug-likeness (QED) is 0.742. The Kier molecular flexibility index (Phi) is 6.07. The zero-order valence-corrected chi connectivity index (χ0v) is 17.8. The van der Waals surface area contributed by atoms with Crippen molar-refractivity contribution in [1.82, 2.24) is 19.8 Å². The average Bonchev–Trinajstić information content (AvgIpc) is 2.66. The molecule has 2 amide bonds. The Morgan fingerprint density at radius 3 is 2.55 bits per heavy atom. The third-order valence-electron chi connectivity index (χ3n) is 4.55. The second kappa shape index (κ2) is 8.37. The van der Waals surface area contributed by atoms with Crippen molar-refractivity contribution in [3.8, 4) is 0 Å². The molecule has 154 valence electrons. The topological polar surface area (TPSA) is 75.6 Å². The molecule has 0 saturated carbocycles. The molecule has 1 aliphatic heterocycles. The van der Waals surface area contributed by atoms with Gasteiger partial charge >= 0.3 is 6.09 Å². The van der Waals surface area contributed by atoms with Crippen LogP contribution in [0.15, 0.2) is 36.5 Å². The molecule has 29 heavy (non-hydrogen) atoms. The van der Waals surface area contributed by atoms with Gasteiger partial charge in [0.05, 0.1) is 6.04 Å². The van der Waals surface area contributed by atoms with Gasteiger partial charge in [0.25, 0.3) is 5.91 Å². The van der Waals surface area contributed by atoms with Gasteiger partial charge < -0.3 is 14.5 Å². The summed E-state index contributed by atoms with van der Waals surface area (Å²) in [6.45, 7) is 8.22. The summed E-state index contributed by atoms with van der Waals surface area (Å²) in [6, 6.07) is 8.54. The molecule has 0 spiro atoms. The van der Waals surface area contributed by atoms with Crippen LogP contribution in [0.3, 0.4) is 0 Å². The van der Waals surface area contributed by atoms with Crippen LogP contribution in [0.5, 0.6) is 0 Å². The smallest absolute Gasteiger partial charge is 0.410 e. The highest BCUT2D eigenvalue weighted by Gasteiger charge is 2.36. The van der Waals surface area contributed by atoms with E-state index in [1.165, 1.54) is 0 Å². The van der Waals surface area contributed by atoms with Gasteiger partial charge in [-0.1, -0.05) is 29.8 Å². The SMILES string of the molecule is Cc1nccc(C(=O)N2CCN(C(=O)OC(C)(C)C)CC2c2ccccc2Cl)n1. The van der Waals surface area contributed by atoms with Gasteiger partial charge in [-0.3, -0.25) is 4.79 Å². The lowest BCUT2D eigenvalue weighted by Gasteiger charge is -2.42. The van der Waals surface area contributed by atoms with E-state index >= 15 is 0 Å². The molecule has 2 aromatic rings. The third-order valence-corrected chi connectivity index (χ3v) is 4.90. The van der Waals surface area contributed by atoms with Crippen LogP contribution in [-0.2, 0) is 4.74 Å². The predicted octanol–water partition coefficient (Wildman–Crippen LogP) is 3.87. The van der Waals surface area contributed by atoms with Crippen molar-refractivity contribution in [2.75, 3.05) is 19.6 Å². The highest BCUT2D eigenvalue weighted by Crippen LogP contribution is 2.32. The molecule has 0 bridgehead atoms. The van der Waals surface area contributed by atoms with Crippen molar-refractivity contribution < 1.29 is 14.3 Å². The number of aryl methyl sites for hydroxylation is 1. The fraction of sp³-hybridized carbons (Fsp3) is 0.429. The van der Waals surface area contributed by atoms with Crippen molar-refractivity contribution in [2.24, 2.45) is 0 Å². The molecule has 3 rings (SSSR count). The van der Waals surface area contributed by atoms with Crippen molar-refractivity contribution in [3.63, 3.8) is 0 Å². The second-order valence-corrected chi connectivity index (χ2v) is 8.36. The van der Waals surface area contributed by atoms with E-state index in [4.69, 9.17) is 16.3 Å². The first-order valence-electron chi connectivity index (χ1n) is 9.48. The van der Waals surface area contributed by atoms with Crippen LogP contribution in [0, 0.1) is 6.92 Å².